The van der Waals surface area contributed by atoms with Crippen molar-refractivity contribution in [1.82, 2.24) is 15.1 Å². The second kappa shape index (κ2) is 4.45. The smallest absolute Gasteiger partial charge is 0.320 e. The summed E-state index contributed by atoms with van der Waals surface area (Å²) >= 11 is 0. The molecular formula is C9H13N3O2. The summed E-state index contributed by atoms with van der Waals surface area (Å²) in [6.07, 6.45) is 3.12. The molecule has 0 bridgehead atoms. The number of amides is 4. The molecule has 0 aliphatic carbocycles. The van der Waals surface area contributed by atoms with E-state index < -0.39 is 0 Å². The molecule has 1 saturated heterocycles. The highest BCUT2D eigenvalue weighted by Crippen LogP contribution is 2.04. The number of hydrogen-bond donors (Lipinski definition) is 1. The van der Waals surface area contributed by atoms with Crippen LogP contribution in [-0.4, -0.2) is 41.6 Å². The summed E-state index contributed by atoms with van der Waals surface area (Å²) in [4.78, 5) is 25.4. The van der Waals surface area contributed by atoms with E-state index in [1.54, 1.807) is 6.08 Å². The van der Waals surface area contributed by atoms with Crippen molar-refractivity contribution in [3.05, 3.63) is 25.3 Å². The predicted octanol–water partition coefficient (Wildman–Crippen LogP) is 0.763. The van der Waals surface area contributed by atoms with Crippen molar-refractivity contribution in [3.63, 3.8) is 0 Å². The lowest BCUT2D eigenvalue weighted by Gasteiger charge is -2.33. The number of carbonyl (C=O) groups excluding carboxylic acids is 2. The zero-order valence-corrected chi connectivity index (χ0v) is 7.90. The van der Waals surface area contributed by atoms with Gasteiger partial charge in [-0.2, -0.15) is 0 Å². The summed E-state index contributed by atoms with van der Waals surface area (Å²) in [7, 11) is 0. The van der Waals surface area contributed by atoms with E-state index in [1.807, 2.05) is 0 Å². The van der Waals surface area contributed by atoms with Gasteiger partial charge >= 0.3 is 12.1 Å². The third-order valence-electron chi connectivity index (χ3n) is 1.83. The van der Waals surface area contributed by atoms with Gasteiger partial charge in [0.15, 0.2) is 0 Å². The van der Waals surface area contributed by atoms with E-state index >= 15 is 0 Å². The fraction of sp³-hybridized carbons (Fsp3) is 0.333. The molecule has 0 saturated carbocycles. The third kappa shape index (κ3) is 1.93. The monoisotopic (exact) mass is 195 g/mol. The minimum atomic E-state index is -0.379. The van der Waals surface area contributed by atoms with Gasteiger partial charge in [0, 0.05) is 13.1 Å². The maximum Gasteiger partial charge on any atom is 0.330 e. The van der Waals surface area contributed by atoms with Gasteiger partial charge in [-0.05, 0) is 0 Å². The number of carbonyl (C=O) groups is 2. The summed E-state index contributed by atoms with van der Waals surface area (Å²) in [6, 6.07) is -0.691. The van der Waals surface area contributed by atoms with Gasteiger partial charge in [-0.15, -0.1) is 13.2 Å². The van der Waals surface area contributed by atoms with Gasteiger partial charge < -0.3 is 10.2 Å². The quantitative estimate of drug-likeness (QED) is 0.673. The third-order valence-corrected chi connectivity index (χ3v) is 1.83. The normalized spacial score (nSPS) is 16.6. The number of nitrogens with zero attached hydrogens (tertiary/aromatic N) is 2. The Morgan fingerprint density at radius 3 is 2.50 bits per heavy atom. The van der Waals surface area contributed by atoms with E-state index in [0.717, 1.165) is 4.90 Å². The molecule has 0 radical (unpaired) electrons. The Morgan fingerprint density at radius 2 is 1.93 bits per heavy atom. The lowest BCUT2D eigenvalue weighted by atomic mass is 10.4. The fourth-order valence-corrected chi connectivity index (χ4v) is 1.17. The van der Waals surface area contributed by atoms with E-state index in [2.05, 4.69) is 18.5 Å². The highest BCUT2D eigenvalue weighted by molar-refractivity contribution is 5.95. The Balaban J connectivity index is 2.71. The van der Waals surface area contributed by atoms with Gasteiger partial charge in [0.25, 0.3) is 0 Å². The first-order valence-electron chi connectivity index (χ1n) is 4.26. The van der Waals surface area contributed by atoms with Gasteiger partial charge in [0.1, 0.15) is 0 Å². The van der Waals surface area contributed by atoms with E-state index in [1.165, 1.54) is 11.0 Å². The molecule has 0 atom stereocenters. The van der Waals surface area contributed by atoms with Crippen LogP contribution in [0.25, 0.3) is 0 Å². The van der Waals surface area contributed by atoms with Crippen molar-refractivity contribution < 1.29 is 9.59 Å². The first-order valence-corrected chi connectivity index (χ1v) is 4.26. The topological polar surface area (TPSA) is 52.7 Å². The summed E-state index contributed by atoms with van der Waals surface area (Å²) < 4.78 is 0. The van der Waals surface area contributed by atoms with Gasteiger partial charge in [0.05, 0.1) is 6.67 Å². The molecular weight excluding hydrogens is 182 g/mol. The second-order valence-electron chi connectivity index (χ2n) is 2.83. The van der Waals surface area contributed by atoms with Crippen LogP contribution in [0.1, 0.15) is 0 Å². The molecule has 0 spiro atoms. The Kier molecular flexibility index (Phi) is 3.28. The molecule has 14 heavy (non-hydrogen) atoms. The summed E-state index contributed by atoms with van der Waals surface area (Å²) in [6.45, 7) is 7.89. The number of hydrogen-bond acceptors (Lipinski definition) is 2. The van der Waals surface area contributed by atoms with E-state index in [-0.39, 0.29) is 25.3 Å². The number of rotatable bonds is 4. The zero-order valence-electron chi connectivity index (χ0n) is 7.90. The van der Waals surface area contributed by atoms with Crippen molar-refractivity contribution in [3.8, 4) is 0 Å². The SMILES string of the molecule is C=CCN1CNC(=O)N(CC=C)C1=O. The van der Waals surface area contributed by atoms with Crippen molar-refractivity contribution in [1.29, 1.82) is 0 Å². The minimum absolute atomic E-state index is 0.221. The Hall–Kier alpha value is -1.78. The number of nitrogens with one attached hydrogen (secondary N) is 1. The molecule has 0 aromatic heterocycles. The largest absolute Gasteiger partial charge is 0.330 e. The molecule has 1 N–H and O–H groups in total. The van der Waals surface area contributed by atoms with Crippen LogP contribution < -0.4 is 5.32 Å². The molecule has 0 unspecified atom stereocenters. The summed E-state index contributed by atoms with van der Waals surface area (Å²) in [5, 5.41) is 2.58. The highest BCUT2D eigenvalue weighted by atomic mass is 16.2. The number of imide groups is 1. The maximum absolute atomic E-state index is 11.6. The average Bonchev–Trinajstić information content (AvgIpc) is 2.17. The Bertz CT molecular complexity index is 275. The van der Waals surface area contributed by atoms with Gasteiger partial charge in [-0.1, -0.05) is 12.2 Å². The van der Waals surface area contributed by atoms with Crippen LogP contribution in [0.4, 0.5) is 9.59 Å². The second-order valence-corrected chi connectivity index (χ2v) is 2.83. The molecule has 1 rings (SSSR count). The fourth-order valence-electron chi connectivity index (χ4n) is 1.17. The van der Waals surface area contributed by atoms with E-state index in [9.17, 15) is 9.59 Å². The van der Waals surface area contributed by atoms with Crippen LogP contribution in [0.5, 0.6) is 0 Å². The maximum atomic E-state index is 11.6. The van der Waals surface area contributed by atoms with E-state index in [4.69, 9.17) is 0 Å². The molecule has 1 aliphatic rings. The van der Waals surface area contributed by atoms with Crippen LogP contribution in [0.2, 0.25) is 0 Å². The minimum Gasteiger partial charge on any atom is -0.320 e. The van der Waals surface area contributed by atoms with Crippen molar-refractivity contribution in [2.45, 2.75) is 0 Å². The molecule has 5 heteroatoms. The van der Waals surface area contributed by atoms with E-state index in [0.29, 0.717) is 6.54 Å². The number of urea groups is 2. The summed E-state index contributed by atoms with van der Waals surface area (Å²) in [5.74, 6) is 0. The standard InChI is InChI=1S/C9H13N3O2/c1-3-5-11-7-10-8(13)12(6-4-2)9(11)14/h3-4H,1-2,5-7H2,(H,10,13). The average molecular weight is 195 g/mol. The highest BCUT2D eigenvalue weighted by Gasteiger charge is 2.29. The van der Waals surface area contributed by atoms with Crippen molar-refractivity contribution in [2.75, 3.05) is 19.8 Å². The van der Waals surface area contributed by atoms with Gasteiger partial charge in [-0.3, -0.25) is 0 Å². The molecule has 0 aromatic rings. The first-order chi connectivity index (χ1) is 6.70. The Labute approximate surface area is 82.7 Å². The molecule has 0 aromatic carbocycles. The van der Waals surface area contributed by atoms with Crippen LogP contribution in [0, 0.1) is 0 Å². The summed E-state index contributed by atoms with van der Waals surface area (Å²) in [5.41, 5.74) is 0. The lowest BCUT2D eigenvalue weighted by Crippen LogP contribution is -2.59. The van der Waals surface area contributed by atoms with Crippen LogP contribution in [-0.2, 0) is 0 Å². The van der Waals surface area contributed by atoms with Gasteiger partial charge in [-0.25, -0.2) is 14.5 Å². The van der Waals surface area contributed by atoms with Crippen molar-refractivity contribution >= 4 is 12.1 Å². The molecule has 5 nitrogen and oxygen atoms in total. The Morgan fingerprint density at radius 1 is 1.29 bits per heavy atom. The predicted molar refractivity (Wildman–Crippen MR) is 52.6 cm³/mol. The molecule has 1 aliphatic heterocycles. The van der Waals surface area contributed by atoms with Crippen LogP contribution >= 0.6 is 0 Å². The van der Waals surface area contributed by atoms with Crippen LogP contribution in [0.15, 0.2) is 25.3 Å². The van der Waals surface area contributed by atoms with Crippen LogP contribution in [0.3, 0.4) is 0 Å². The lowest BCUT2D eigenvalue weighted by molar-refractivity contribution is 0.140. The van der Waals surface area contributed by atoms with Gasteiger partial charge in [0.2, 0.25) is 0 Å². The van der Waals surface area contributed by atoms with Crippen molar-refractivity contribution in [2.24, 2.45) is 0 Å². The molecule has 1 heterocycles. The zero-order chi connectivity index (χ0) is 10.6. The first kappa shape index (κ1) is 10.3. The molecule has 1 fully saturated rings. The molecule has 4 amide bonds. The molecule has 76 valence electrons.